The van der Waals surface area contributed by atoms with E-state index in [0.29, 0.717) is 35.7 Å². The molecule has 0 aliphatic carbocycles. The number of rotatable bonds is 5. The molecule has 0 aromatic heterocycles. The molecule has 0 amide bonds. The maximum absolute atomic E-state index is 13.0. The number of hydrogen-bond donors (Lipinski definition) is 1. The summed E-state index contributed by atoms with van der Waals surface area (Å²) in [7, 11) is 0. The summed E-state index contributed by atoms with van der Waals surface area (Å²) in [5, 5.41) is 3.09. The van der Waals surface area contributed by atoms with Gasteiger partial charge in [0.1, 0.15) is 5.82 Å². The van der Waals surface area contributed by atoms with E-state index in [2.05, 4.69) is 5.32 Å². The highest BCUT2D eigenvalue weighted by Crippen LogP contribution is 2.32. The minimum Gasteiger partial charge on any atom is -0.454 e. The van der Waals surface area contributed by atoms with Crippen LogP contribution in [0.4, 0.5) is 10.1 Å². The fraction of sp³-hybridized carbons (Fsp3) is 0.188. The molecule has 0 saturated carbocycles. The molecule has 2 aromatic rings. The second-order valence-electron chi connectivity index (χ2n) is 4.80. The van der Waals surface area contributed by atoms with Crippen molar-refractivity contribution >= 4 is 23.1 Å². The van der Waals surface area contributed by atoms with Gasteiger partial charge in [0.2, 0.25) is 6.79 Å². The van der Waals surface area contributed by atoms with E-state index < -0.39 is 5.82 Å². The minimum absolute atomic E-state index is 0.0148. The molecule has 1 heterocycles. The zero-order valence-corrected chi connectivity index (χ0v) is 12.3. The number of fused-ring (bicyclic) bond motifs is 1. The molecule has 1 N–H and O–H groups in total. The van der Waals surface area contributed by atoms with Gasteiger partial charge in [0.25, 0.3) is 0 Å². The van der Waals surface area contributed by atoms with E-state index >= 15 is 0 Å². The smallest absolute Gasteiger partial charge is 0.231 e. The Morgan fingerprint density at radius 1 is 1.18 bits per heavy atom. The molecular weight excluding hydrogens is 309 g/mol. The van der Waals surface area contributed by atoms with Crippen LogP contribution in [0.3, 0.4) is 0 Å². The summed E-state index contributed by atoms with van der Waals surface area (Å²) >= 11 is 5.70. The molecule has 0 fully saturated rings. The van der Waals surface area contributed by atoms with Crippen LogP contribution in [-0.4, -0.2) is 19.1 Å². The van der Waals surface area contributed by atoms with Crippen LogP contribution >= 0.6 is 11.6 Å². The van der Waals surface area contributed by atoms with Crippen molar-refractivity contribution in [2.75, 3.05) is 18.7 Å². The highest BCUT2D eigenvalue weighted by Gasteiger charge is 2.16. The number of ether oxygens (including phenoxy) is 2. The SMILES string of the molecule is O=C(CCNc1ccc(F)c(Cl)c1)c1ccc2c(c1)OCO2. The maximum atomic E-state index is 13.0. The number of hydrogen-bond acceptors (Lipinski definition) is 4. The first-order chi connectivity index (χ1) is 10.6. The van der Waals surface area contributed by atoms with E-state index in [0.717, 1.165) is 0 Å². The first kappa shape index (κ1) is 14.7. The number of benzene rings is 2. The summed E-state index contributed by atoms with van der Waals surface area (Å²) in [5.41, 5.74) is 1.24. The van der Waals surface area contributed by atoms with Gasteiger partial charge in [0.15, 0.2) is 17.3 Å². The highest BCUT2D eigenvalue weighted by atomic mass is 35.5. The third-order valence-corrected chi connectivity index (χ3v) is 3.58. The van der Waals surface area contributed by atoms with Crippen LogP contribution in [0, 0.1) is 5.82 Å². The molecule has 2 aromatic carbocycles. The van der Waals surface area contributed by atoms with Gasteiger partial charge in [-0.1, -0.05) is 11.6 Å². The summed E-state index contributed by atoms with van der Waals surface area (Å²) < 4.78 is 23.5. The molecule has 0 unspecified atom stereocenters. The summed E-state index contributed by atoms with van der Waals surface area (Å²) in [6.45, 7) is 0.606. The van der Waals surface area contributed by atoms with Gasteiger partial charge in [-0.05, 0) is 36.4 Å². The van der Waals surface area contributed by atoms with E-state index in [4.69, 9.17) is 21.1 Å². The zero-order chi connectivity index (χ0) is 15.5. The average molecular weight is 322 g/mol. The van der Waals surface area contributed by atoms with Crippen LogP contribution in [0.1, 0.15) is 16.8 Å². The second-order valence-corrected chi connectivity index (χ2v) is 5.20. The molecule has 0 saturated heterocycles. The first-order valence-corrected chi connectivity index (χ1v) is 7.13. The number of carbonyl (C=O) groups excluding carboxylic acids is 1. The Morgan fingerprint density at radius 3 is 2.82 bits per heavy atom. The van der Waals surface area contributed by atoms with Crippen molar-refractivity contribution in [1.29, 1.82) is 0 Å². The van der Waals surface area contributed by atoms with Crippen molar-refractivity contribution < 1.29 is 18.7 Å². The van der Waals surface area contributed by atoms with E-state index in [1.807, 2.05) is 0 Å². The van der Waals surface area contributed by atoms with Crippen LogP contribution in [-0.2, 0) is 0 Å². The van der Waals surface area contributed by atoms with E-state index in [1.165, 1.54) is 12.1 Å². The Hall–Kier alpha value is -2.27. The molecule has 1 aliphatic heterocycles. The molecule has 0 spiro atoms. The van der Waals surface area contributed by atoms with Crippen molar-refractivity contribution in [2.45, 2.75) is 6.42 Å². The Kier molecular flexibility index (Phi) is 4.15. The number of ketones is 1. The van der Waals surface area contributed by atoms with E-state index in [9.17, 15) is 9.18 Å². The molecule has 0 radical (unpaired) electrons. The zero-order valence-electron chi connectivity index (χ0n) is 11.6. The summed E-state index contributed by atoms with van der Waals surface area (Å²) in [6, 6.07) is 9.46. The lowest BCUT2D eigenvalue weighted by Crippen LogP contribution is -2.09. The number of carbonyl (C=O) groups is 1. The van der Waals surface area contributed by atoms with Crippen molar-refractivity contribution in [3.8, 4) is 11.5 Å². The lowest BCUT2D eigenvalue weighted by molar-refractivity contribution is 0.0986. The fourth-order valence-corrected chi connectivity index (χ4v) is 2.32. The van der Waals surface area contributed by atoms with Crippen molar-refractivity contribution in [3.63, 3.8) is 0 Å². The Bertz CT molecular complexity index is 721. The minimum atomic E-state index is -0.469. The van der Waals surface area contributed by atoms with Gasteiger partial charge < -0.3 is 14.8 Å². The Morgan fingerprint density at radius 2 is 2.00 bits per heavy atom. The molecule has 0 atom stereocenters. The summed E-state index contributed by atoms with van der Waals surface area (Å²) in [6.07, 6.45) is 0.300. The fourth-order valence-electron chi connectivity index (χ4n) is 2.14. The van der Waals surface area contributed by atoms with Crippen molar-refractivity contribution in [3.05, 3.63) is 52.8 Å². The maximum Gasteiger partial charge on any atom is 0.231 e. The van der Waals surface area contributed by atoms with Crippen LogP contribution in [0.15, 0.2) is 36.4 Å². The van der Waals surface area contributed by atoms with Crippen molar-refractivity contribution in [1.82, 2.24) is 0 Å². The Balaban J connectivity index is 1.57. The van der Waals surface area contributed by atoms with Gasteiger partial charge in [-0.3, -0.25) is 4.79 Å². The number of nitrogens with one attached hydrogen (secondary N) is 1. The van der Waals surface area contributed by atoms with Gasteiger partial charge in [0.05, 0.1) is 5.02 Å². The predicted octanol–water partition coefficient (Wildman–Crippen LogP) is 3.89. The highest BCUT2D eigenvalue weighted by molar-refractivity contribution is 6.31. The quantitative estimate of drug-likeness (QED) is 0.849. The molecular formula is C16H13ClFNO3. The normalized spacial score (nSPS) is 12.3. The van der Waals surface area contributed by atoms with Gasteiger partial charge >= 0.3 is 0 Å². The van der Waals surface area contributed by atoms with Gasteiger partial charge in [-0.2, -0.15) is 0 Å². The molecule has 6 heteroatoms. The lowest BCUT2D eigenvalue weighted by atomic mass is 10.1. The predicted molar refractivity (Wildman–Crippen MR) is 81.4 cm³/mol. The van der Waals surface area contributed by atoms with Crippen LogP contribution in [0.5, 0.6) is 11.5 Å². The third kappa shape index (κ3) is 3.14. The largest absolute Gasteiger partial charge is 0.454 e. The summed E-state index contributed by atoms with van der Waals surface area (Å²) in [5.74, 6) is 0.752. The van der Waals surface area contributed by atoms with Crippen molar-refractivity contribution in [2.24, 2.45) is 0 Å². The van der Waals surface area contributed by atoms with Crippen LogP contribution in [0.2, 0.25) is 5.02 Å². The first-order valence-electron chi connectivity index (χ1n) is 6.75. The van der Waals surface area contributed by atoms with Gasteiger partial charge in [-0.25, -0.2) is 4.39 Å². The Labute approximate surface area is 131 Å². The third-order valence-electron chi connectivity index (χ3n) is 3.30. The second kappa shape index (κ2) is 6.23. The average Bonchev–Trinajstić information content (AvgIpc) is 2.98. The molecule has 1 aliphatic rings. The number of Topliss-reactive ketones (excluding diaryl/α,β-unsaturated/α-hetero) is 1. The van der Waals surface area contributed by atoms with E-state index in [1.54, 1.807) is 24.3 Å². The topological polar surface area (TPSA) is 47.6 Å². The number of anilines is 1. The van der Waals surface area contributed by atoms with Gasteiger partial charge in [-0.15, -0.1) is 0 Å². The lowest BCUT2D eigenvalue weighted by Gasteiger charge is -2.07. The van der Waals surface area contributed by atoms with Gasteiger partial charge in [0, 0.05) is 24.2 Å². The summed E-state index contributed by atoms with van der Waals surface area (Å²) in [4.78, 5) is 12.1. The molecule has 114 valence electrons. The molecule has 22 heavy (non-hydrogen) atoms. The monoisotopic (exact) mass is 321 g/mol. The molecule has 4 nitrogen and oxygen atoms in total. The van der Waals surface area contributed by atoms with E-state index in [-0.39, 0.29) is 17.6 Å². The van der Waals surface area contributed by atoms with Crippen LogP contribution in [0.25, 0.3) is 0 Å². The molecule has 0 bridgehead atoms. The van der Waals surface area contributed by atoms with Crippen LogP contribution < -0.4 is 14.8 Å². The standard InChI is InChI=1S/C16H13ClFNO3/c17-12-8-11(2-3-13(12)18)19-6-5-14(20)10-1-4-15-16(7-10)22-9-21-15/h1-4,7-8,19H,5-6,9H2. The number of halogens is 2. The molecule has 3 rings (SSSR count).